The van der Waals surface area contributed by atoms with Gasteiger partial charge in [0.2, 0.25) is 5.91 Å². The molecule has 1 saturated carbocycles. The Labute approximate surface area is 210 Å². The van der Waals surface area contributed by atoms with Crippen LogP contribution in [-0.4, -0.2) is 78.2 Å². The van der Waals surface area contributed by atoms with Crippen molar-refractivity contribution >= 4 is 34.0 Å². The van der Waals surface area contributed by atoms with E-state index in [0.29, 0.717) is 23.4 Å². The highest BCUT2D eigenvalue weighted by atomic mass is 16.5. The number of hydrogen-bond donors (Lipinski definition) is 2. The maximum absolute atomic E-state index is 12.2. The number of pyridine rings is 3. The van der Waals surface area contributed by atoms with E-state index >= 15 is 0 Å². The monoisotopic (exact) mass is 483 g/mol. The first-order valence-electron chi connectivity index (χ1n) is 12.4. The second kappa shape index (κ2) is 9.37. The van der Waals surface area contributed by atoms with Crippen LogP contribution in [0.5, 0.6) is 0 Å². The fourth-order valence-electron chi connectivity index (χ4n) is 4.96. The molecule has 7 rings (SSSR count). The lowest BCUT2D eigenvalue weighted by atomic mass is 10.1. The molecule has 3 saturated heterocycles. The normalized spacial score (nSPS) is 21.6. The van der Waals surface area contributed by atoms with Crippen LogP contribution in [-0.2, 0) is 9.53 Å². The lowest BCUT2D eigenvalue weighted by Crippen LogP contribution is -2.49. The van der Waals surface area contributed by atoms with Gasteiger partial charge in [-0.05, 0) is 44.0 Å². The van der Waals surface area contributed by atoms with E-state index in [0.717, 1.165) is 61.1 Å². The number of likely N-dealkylation sites (N-methyl/N-ethyl adjacent to an activating group) is 1. The number of amides is 1. The molecule has 0 radical (unpaired) electrons. The van der Waals surface area contributed by atoms with Crippen LogP contribution in [0.15, 0.2) is 36.8 Å². The van der Waals surface area contributed by atoms with Crippen molar-refractivity contribution in [1.82, 2.24) is 19.9 Å². The quantitative estimate of drug-likeness (QED) is 0.546. The lowest BCUT2D eigenvalue weighted by molar-refractivity contribution is -0.117. The van der Waals surface area contributed by atoms with Crippen molar-refractivity contribution in [2.45, 2.75) is 25.0 Å². The van der Waals surface area contributed by atoms with Crippen molar-refractivity contribution in [1.29, 1.82) is 0 Å². The van der Waals surface area contributed by atoms with Gasteiger partial charge in [-0.1, -0.05) is 5.92 Å². The number of carbonyl (C=O) groups is 1. The molecule has 1 amide bonds. The highest BCUT2D eigenvalue weighted by molar-refractivity contribution is 5.99. The van der Waals surface area contributed by atoms with Gasteiger partial charge in [0, 0.05) is 55.8 Å². The molecule has 36 heavy (non-hydrogen) atoms. The Morgan fingerprint density at radius 2 is 1.94 bits per heavy atom. The van der Waals surface area contributed by atoms with Crippen molar-refractivity contribution in [2.75, 3.05) is 55.9 Å². The molecule has 3 aromatic rings. The minimum atomic E-state index is 0.0255. The number of hydrogen-bond acceptors (Lipinski definition) is 8. The predicted molar refractivity (Wildman–Crippen MR) is 139 cm³/mol. The third-order valence-corrected chi connectivity index (χ3v) is 7.02. The average molecular weight is 484 g/mol. The standard InChI is InChI=1S/C27H29N7O2/c1-28-26-24-12-30-25(32-27(35)17-3-4-17)9-23(24)18(10-31-26)5-6-19-7-8-20(11-29-19)34-15-22-14-33(2)13-21(34)16-36-22/h7-12,17,21-22H,3-4,13-16H2,1-2H3,(H,28,31)(H,30,32,35). The molecule has 4 fully saturated rings. The van der Waals surface area contributed by atoms with E-state index in [-0.39, 0.29) is 17.9 Å². The lowest BCUT2D eigenvalue weighted by Gasteiger charge is -2.37. The van der Waals surface area contributed by atoms with Crippen LogP contribution in [0.2, 0.25) is 0 Å². The second-order valence-electron chi connectivity index (χ2n) is 9.78. The smallest absolute Gasteiger partial charge is 0.228 e. The molecular formula is C27H29N7O2. The van der Waals surface area contributed by atoms with E-state index in [1.54, 1.807) is 12.4 Å². The Hall–Kier alpha value is -3.74. The minimum absolute atomic E-state index is 0.0255. The summed E-state index contributed by atoms with van der Waals surface area (Å²) in [6.45, 7) is 3.57. The molecule has 2 N–H and O–H groups in total. The van der Waals surface area contributed by atoms with Gasteiger partial charge in [0.1, 0.15) is 17.3 Å². The van der Waals surface area contributed by atoms with Crippen molar-refractivity contribution in [2.24, 2.45) is 5.92 Å². The summed E-state index contributed by atoms with van der Waals surface area (Å²) >= 11 is 0. The second-order valence-corrected chi connectivity index (χ2v) is 9.78. The zero-order valence-electron chi connectivity index (χ0n) is 20.5. The van der Waals surface area contributed by atoms with Crippen molar-refractivity contribution in [3.8, 4) is 11.8 Å². The molecule has 0 aromatic carbocycles. The molecule has 3 aliphatic heterocycles. The molecule has 4 aliphatic rings. The van der Waals surface area contributed by atoms with Gasteiger partial charge < -0.3 is 25.2 Å². The summed E-state index contributed by atoms with van der Waals surface area (Å²) in [5.41, 5.74) is 2.54. The minimum Gasteiger partial charge on any atom is -0.373 e. The van der Waals surface area contributed by atoms with Gasteiger partial charge in [-0.15, -0.1) is 0 Å². The van der Waals surface area contributed by atoms with Gasteiger partial charge in [0.25, 0.3) is 0 Å². The van der Waals surface area contributed by atoms with Crippen molar-refractivity contribution < 1.29 is 9.53 Å². The maximum Gasteiger partial charge on any atom is 0.228 e. The number of fused-ring (bicyclic) bond motifs is 5. The molecule has 3 aromatic heterocycles. The summed E-state index contributed by atoms with van der Waals surface area (Å²) in [7, 11) is 3.97. The molecule has 2 unspecified atom stereocenters. The number of anilines is 3. The van der Waals surface area contributed by atoms with Crippen LogP contribution < -0.4 is 15.5 Å². The zero-order chi connectivity index (χ0) is 24.6. The predicted octanol–water partition coefficient (Wildman–Crippen LogP) is 2.33. The molecule has 0 spiro atoms. The first kappa shape index (κ1) is 22.7. The fraction of sp³-hybridized carbons (Fsp3) is 0.407. The number of rotatable bonds is 4. The summed E-state index contributed by atoms with van der Waals surface area (Å²) in [5, 5.41) is 7.75. The third-order valence-electron chi connectivity index (χ3n) is 7.02. The van der Waals surface area contributed by atoms with E-state index in [4.69, 9.17) is 4.74 Å². The van der Waals surface area contributed by atoms with Crippen LogP contribution >= 0.6 is 0 Å². The van der Waals surface area contributed by atoms with Gasteiger partial charge in [0.05, 0.1) is 36.2 Å². The van der Waals surface area contributed by atoms with E-state index in [1.165, 1.54) is 0 Å². The first-order valence-corrected chi connectivity index (χ1v) is 12.4. The highest BCUT2D eigenvalue weighted by Crippen LogP contribution is 2.31. The van der Waals surface area contributed by atoms with Crippen LogP contribution in [0.3, 0.4) is 0 Å². The van der Waals surface area contributed by atoms with Gasteiger partial charge in [0.15, 0.2) is 0 Å². The van der Waals surface area contributed by atoms with Crippen LogP contribution in [0.4, 0.5) is 17.3 Å². The van der Waals surface area contributed by atoms with Crippen molar-refractivity contribution in [3.63, 3.8) is 0 Å². The zero-order valence-corrected chi connectivity index (χ0v) is 20.5. The summed E-state index contributed by atoms with van der Waals surface area (Å²) in [6.07, 6.45) is 7.49. The number of nitrogens with one attached hydrogen (secondary N) is 2. The van der Waals surface area contributed by atoms with E-state index in [1.807, 2.05) is 25.4 Å². The van der Waals surface area contributed by atoms with Crippen LogP contribution in [0.25, 0.3) is 10.8 Å². The largest absolute Gasteiger partial charge is 0.373 e. The fourth-order valence-corrected chi connectivity index (χ4v) is 4.96. The Balaban J connectivity index is 1.26. The van der Waals surface area contributed by atoms with Crippen LogP contribution in [0.1, 0.15) is 24.1 Å². The molecular weight excluding hydrogens is 454 g/mol. The average Bonchev–Trinajstić information content (AvgIpc) is 3.76. The van der Waals surface area contributed by atoms with Crippen LogP contribution in [0, 0.1) is 17.8 Å². The molecule has 184 valence electrons. The summed E-state index contributed by atoms with van der Waals surface area (Å²) < 4.78 is 5.97. The summed E-state index contributed by atoms with van der Waals surface area (Å²) in [6, 6.07) is 6.25. The third kappa shape index (κ3) is 4.57. The number of morpholine rings is 1. The Morgan fingerprint density at radius 1 is 1.06 bits per heavy atom. The van der Waals surface area contributed by atoms with E-state index < -0.39 is 0 Å². The number of aromatic nitrogens is 3. The first-order chi connectivity index (χ1) is 17.6. The summed E-state index contributed by atoms with van der Waals surface area (Å²) in [5.74, 6) is 7.79. The number of ether oxygens (including phenoxy) is 1. The Kier molecular flexibility index (Phi) is 5.91. The number of nitrogens with zero attached hydrogens (tertiary/aromatic N) is 5. The Bertz CT molecular complexity index is 1360. The highest BCUT2D eigenvalue weighted by Gasteiger charge is 2.34. The maximum atomic E-state index is 12.2. The van der Waals surface area contributed by atoms with E-state index in [9.17, 15) is 4.79 Å². The Morgan fingerprint density at radius 3 is 2.72 bits per heavy atom. The molecule has 2 atom stereocenters. The summed E-state index contributed by atoms with van der Waals surface area (Å²) in [4.78, 5) is 30.5. The van der Waals surface area contributed by atoms with Gasteiger partial charge >= 0.3 is 0 Å². The van der Waals surface area contributed by atoms with Gasteiger partial charge in [-0.25, -0.2) is 15.0 Å². The molecule has 9 heteroatoms. The van der Waals surface area contributed by atoms with Gasteiger partial charge in [-0.3, -0.25) is 4.79 Å². The van der Waals surface area contributed by atoms with E-state index in [2.05, 4.69) is 60.3 Å². The van der Waals surface area contributed by atoms with Crippen molar-refractivity contribution in [3.05, 3.63) is 48.0 Å². The SMILES string of the molecule is CNc1ncc(C#Cc2ccc(N3CC4CN(C)CC3CO4)cn2)c2cc(NC(=O)C3CC3)ncc12. The molecule has 6 heterocycles. The molecule has 2 bridgehead atoms. The number of carbonyl (C=O) groups excluding carboxylic acids is 1. The van der Waals surface area contributed by atoms with Gasteiger partial charge in [-0.2, -0.15) is 0 Å². The molecule has 9 nitrogen and oxygen atoms in total. The molecule has 1 aliphatic carbocycles. The topological polar surface area (TPSA) is 95.5 Å².